The lowest BCUT2D eigenvalue weighted by Crippen LogP contribution is -2.46. The largest absolute Gasteiger partial charge is 0.485 e. The summed E-state index contributed by atoms with van der Waals surface area (Å²) >= 11 is 5.74. The van der Waals surface area contributed by atoms with E-state index in [2.05, 4.69) is 5.32 Å². The van der Waals surface area contributed by atoms with Gasteiger partial charge in [-0.3, -0.25) is 0 Å². The van der Waals surface area contributed by atoms with Crippen LogP contribution in [0.1, 0.15) is 11.7 Å². The molecule has 21 heavy (non-hydrogen) atoms. The maximum absolute atomic E-state index is 13.7. The van der Waals surface area contributed by atoms with Crippen LogP contribution in [0.3, 0.4) is 0 Å². The predicted molar refractivity (Wildman–Crippen MR) is 84.8 cm³/mol. The molecule has 0 unspecified atom stereocenters. The van der Waals surface area contributed by atoms with Gasteiger partial charge < -0.3 is 10.1 Å². The molecule has 0 aliphatic carbocycles. The third-order valence-corrected chi connectivity index (χ3v) is 3.83. The third kappa shape index (κ3) is 3.67. The quantitative estimate of drug-likeness (QED) is 0.906. The zero-order chi connectivity index (χ0) is 13.9. The van der Waals surface area contributed by atoms with Crippen LogP contribution in [0.25, 0.3) is 0 Å². The SMILES string of the molecule is Cl.Fc1cc([C@H](Oc2ccccc2)C2CNC2)ccc1Cl. The molecule has 112 valence electrons. The Morgan fingerprint density at radius 2 is 1.86 bits per heavy atom. The van der Waals surface area contributed by atoms with Crippen molar-refractivity contribution >= 4 is 24.0 Å². The summed E-state index contributed by atoms with van der Waals surface area (Å²) in [6, 6.07) is 14.5. The molecule has 1 heterocycles. The highest BCUT2D eigenvalue weighted by Gasteiger charge is 2.30. The number of hydrogen-bond acceptors (Lipinski definition) is 2. The van der Waals surface area contributed by atoms with Crippen LogP contribution in [-0.4, -0.2) is 13.1 Å². The minimum Gasteiger partial charge on any atom is -0.485 e. The normalized spacial score (nSPS) is 15.7. The molecule has 2 aromatic rings. The van der Waals surface area contributed by atoms with Crippen LogP contribution in [0.2, 0.25) is 5.02 Å². The minimum absolute atomic E-state index is 0. The maximum Gasteiger partial charge on any atom is 0.142 e. The zero-order valence-corrected chi connectivity index (χ0v) is 12.8. The van der Waals surface area contributed by atoms with E-state index in [1.165, 1.54) is 6.07 Å². The number of para-hydroxylation sites is 1. The van der Waals surface area contributed by atoms with Crippen molar-refractivity contribution in [3.8, 4) is 5.75 Å². The van der Waals surface area contributed by atoms with Crippen LogP contribution < -0.4 is 10.1 Å². The fourth-order valence-electron chi connectivity index (χ4n) is 2.30. The summed E-state index contributed by atoms with van der Waals surface area (Å²) in [6.45, 7) is 1.75. The average molecular weight is 328 g/mol. The molecule has 1 saturated heterocycles. The summed E-state index contributed by atoms with van der Waals surface area (Å²) in [5.74, 6) is 0.730. The molecule has 1 atom stereocenters. The molecule has 2 nitrogen and oxygen atoms in total. The van der Waals surface area contributed by atoms with E-state index in [0.29, 0.717) is 5.92 Å². The van der Waals surface area contributed by atoms with E-state index < -0.39 is 5.82 Å². The van der Waals surface area contributed by atoms with E-state index in [1.807, 2.05) is 36.4 Å². The second-order valence-corrected chi connectivity index (χ2v) is 5.35. The molecular weight excluding hydrogens is 312 g/mol. The first-order valence-electron chi connectivity index (χ1n) is 6.61. The van der Waals surface area contributed by atoms with E-state index in [-0.39, 0.29) is 23.5 Å². The Morgan fingerprint density at radius 3 is 2.43 bits per heavy atom. The Morgan fingerprint density at radius 1 is 1.14 bits per heavy atom. The minimum atomic E-state index is -0.405. The molecule has 0 radical (unpaired) electrons. The lowest BCUT2D eigenvalue weighted by molar-refractivity contribution is 0.0990. The number of ether oxygens (including phenoxy) is 1. The summed E-state index contributed by atoms with van der Waals surface area (Å²) < 4.78 is 19.7. The van der Waals surface area contributed by atoms with Gasteiger partial charge >= 0.3 is 0 Å². The second-order valence-electron chi connectivity index (χ2n) is 4.94. The van der Waals surface area contributed by atoms with Crippen molar-refractivity contribution in [3.05, 3.63) is 64.9 Å². The Hall–Kier alpha value is -1.29. The van der Waals surface area contributed by atoms with Crippen LogP contribution in [0.5, 0.6) is 5.75 Å². The smallest absolute Gasteiger partial charge is 0.142 e. The highest BCUT2D eigenvalue weighted by Crippen LogP contribution is 2.32. The second kappa shape index (κ2) is 7.12. The van der Waals surface area contributed by atoms with E-state index in [0.717, 1.165) is 24.4 Å². The fourth-order valence-corrected chi connectivity index (χ4v) is 2.41. The summed E-state index contributed by atoms with van der Waals surface area (Å²) in [4.78, 5) is 0. The molecule has 5 heteroatoms. The molecule has 0 amide bonds. The summed E-state index contributed by atoms with van der Waals surface area (Å²) in [7, 11) is 0. The molecule has 1 aliphatic rings. The highest BCUT2D eigenvalue weighted by atomic mass is 35.5. The summed E-state index contributed by atoms with van der Waals surface area (Å²) in [6.07, 6.45) is -0.162. The monoisotopic (exact) mass is 327 g/mol. The molecule has 0 spiro atoms. The van der Waals surface area contributed by atoms with E-state index in [4.69, 9.17) is 16.3 Å². The summed E-state index contributed by atoms with van der Waals surface area (Å²) in [5, 5.41) is 3.36. The lowest BCUT2D eigenvalue weighted by atomic mass is 9.90. The van der Waals surface area contributed by atoms with Crippen LogP contribution in [0.15, 0.2) is 48.5 Å². The van der Waals surface area contributed by atoms with Crippen molar-refractivity contribution in [1.29, 1.82) is 0 Å². The van der Waals surface area contributed by atoms with Crippen molar-refractivity contribution in [2.75, 3.05) is 13.1 Å². The standard InChI is InChI=1S/C16H15ClFNO.ClH/c17-14-7-6-11(8-15(14)18)16(12-9-19-10-12)20-13-4-2-1-3-5-13;/h1-8,12,16,19H,9-10H2;1H/t16-;/m0./s1. The lowest BCUT2D eigenvalue weighted by Gasteiger charge is -2.35. The van der Waals surface area contributed by atoms with Crippen molar-refractivity contribution in [1.82, 2.24) is 5.32 Å². The van der Waals surface area contributed by atoms with Gasteiger partial charge in [-0.15, -0.1) is 12.4 Å². The van der Waals surface area contributed by atoms with Crippen molar-refractivity contribution in [2.45, 2.75) is 6.10 Å². The van der Waals surface area contributed by atoms with Crippen LogP contribution in [0, 0.1) is 11.7 Å². The van der Waals surface area contributed by atoms with Gasteiger partial charge in [-0.1, -0.05) is 35.9 Å². The molecule has 1 N–H and O–H groups in total. The van der Waals surface area contributed by atoms with E-state index in [9.17, 15) is 4.39 Å². The van der Waals surface area contributed by atoms with Gasteiger partial charge in [-0.05, 0) is 29.8 Å². The van der Waals surface area contributed by atoms with Gasteiger partial charge in [0, 0.05) is 19.0 Å². The molecule has 0 saturated carbocycles. The highest BCUT2D eigenvalue weighted by molar-refractivity contribution is 6.30. The fraction of sp³-hybridized carbons (Fsp3) is 0.250. The van der Waals surface area contributed by atoms with Gasteiger partial charge in [0.25, 0.3) is 0 Å². The third-order valence-electron chi connectivity index (χ3n) is 3.52. The number of hydrogen-bond donors (Lipinski definition) is 1. The van der Waals surface area contributed by atoms with Crippen molar-refractivity contribution in [3.63, 3.8) is 0 Å². The van der Waals surface area contributed by atoms with Crippen molar-refractivity contribution < 1.29 is 9.13 Å². The number of rotatable bonds is 4. The Kier molecular flexibility index (Phi) is 5.45. The molecule has 2 aromatic carbocycles. The Balaban J connectivity index is 0.00000161. The van der Waals surface area contributed by atoms with Gasteiger partial charge in [0.15, 0.2) is 0 Å². The van der Waals surface area contributed by atoms with Crippen LogP contribution in [-0.2, 0) is 0 Å². The van der Waals surface area contributed by atoms with E-state index in [1.54, 1.807) is 6.07 Å². The van der Waals surface area contributed by atoms with Gasteiger partial charge in [0.2, 0.25) is 0 Å². The Bertz CT molecular complexity index is 590. The number of benzene rings is 2. The number of halogens is 3. The molecule has 0 aromatic heterocycles. The van der Waals surface area contributed by atoms with Gasteiger partial charge in [-0.25, -0.2) is 4.39 Å². The average Bonchev–Trinajstić information content (AvgIpc) is 2.40. The first-order valence-corrected chi connectivity index (χ1v) is 6.99. The molecule has 1 fully saturated rings. The first kappa shape index (κ1) is 16.1. The van der Waals surface area contributed by atoms with Crippen LogP contribution in [0.4, 0.5) is 4.39 Å². The Labute approximate surface area is 134 Å². The maximum atomic E-state index is 13.7. The van der Waals surface area contributed by atoms with E-state index >= 15 is 0 Å². The van der Waals surface area contributed by atoms with Crippen LogP contribution >= 0.6 is 24.0 Å². The van der Waals surface area contributed by atoms with Crippen molar-refractivity contribution in [2.24, 2.45) is 5.92 Å². The predicted octanol–water partition coefficient (Wildman–Crippen LogP) is 4.24. The van der Waals surface area contributed by atoms with Gasteiger partial charge in [0.05, 0.1) is 5.02 Å². The summed E-state index contributed by atoms with van der Waals surface area (Å²) in [5.41, 5.74) is 0.822. The molecule has 3 rings (SSSR count). The molecule has 0 bridgehead atoms. The first-order chi connectivity index (χ1) is 9.74. The number of nitrogens with one attached hydrogen (secondary N) is 1. The van der Waals surface area contributed by atoms with Gasteiger partial charge in [0.1, 0.15) is 17.7 Å². The molecular formula is C16H16Cl2FNO. The zero-order valence-electron chi connectivity index (χ0n) is 11.3. The topological polar surface area (TPSA) is 21.3 Å². The molecule has 1 aliphatic heterocycles. The van der Waals surface area contributed by atoms with Gasteiger partial charge in [-0.2, -0.15) is 0 Å².